The van der Waals surface area contributed by atoms with Crippen LogP contribution in [0.5, 0.6) is 0 Å². The van der Waals surface area contributed by atoms with E-state index in [0.717, 1.165) is 47.4 Å². The third-order valence-corrected chi connectivity index (χ3v) is 5.78. The Kier molecular flexibility index (Phi) is 5.25. The van der Waals surface area contributed by atoms with Gasteiger partial charge < -0.3 is 9.64 Å². The van der Waals surface area contributed by atoms with E-state index >= 15 is 0 Å². The van der Waals surface area contributed by atoms with Crippen molar-refractivity contribution in [2.24, 2.45) is 0 Å². The summed E-state index contributed by atoms with van der Waals surface area (Å²) in [6.07, 6.45) is 4.31. The summed E-state index contributed by atoms with van der Waals surface area (Å²) in [6.45, 7) is 7.51. The third-order valence-electron chi connectivity index (χ3n) is 4.44. The SMILES string of the molecule is CCCOC(=O)c1sc2nc(Cl)nc(N3CCCCC3C)c2c1C. The van der Waals surface area contributed by atoms with Crippen molar-refractivity contribution >= 4 is 44.9 Å². The van der Waals surface area contributed by atoms with Gasteiger partial charge >= 0.3 is 5.97 Å². The van der Waals surface area contributed by atoms with Gasteiger partial charge in [-0.25, -0.2) is 9.78 Å². The molecule has 1 aliphatic heterocycles. The molecule has 0 amide bonds. The van der Waals surface area contributed by atoms with Gasteiger partial charge in [-0.3, -0.25) is 0 Å². The zero-order valence-electron chi connectivity index (χ0n) is 14.3. The van der Waals surface area contributed by atoms with Crippen molar-refractivity contribution < 1.29 is 9.53 Å². The summed E-state index contributed by atoms with van der Waals surface area (Å²) < 4.78 is 5.30. The van der Waals surface area contributed by atoms with E-state index in [-0.39, 0.29) is 11.3 Å². The molecule has 3 rings (SSSR count). The molecule has 0 bridgehead atoms. The van der Waals surface area contributed by atoms with E-state index in [2.05, 4.69) is 21.8 Å². The van der Waals surface area contributed by atoms with E-state index < -0.39 is 0 Å². The molecule has 1 aliphatic rings. The first kappa shape index (κ1) is 17.4. The summed E-state index contributed by atoms with van der Waals surface area (Å²) in [5.74, 6) is 0.562. The minimum Gasteiger partial charge on any atom is -0.462 e. The van der Waals surface area contributed by atoms with Crippen LogP contribution in [0.25, 0.3) is 10.2 Å². The van der Waals surface area contributed by atoms with Crippen LogP contribution in [0.3, 0.4) is 0 Å². The molecule has 24 heavy (non-hydrogen) atoms. The summed E-state index contributed by atoms with van der Waals surface area (Å²) in [5, 5.41) is 1.16. The highest BCUT2D eigenvalue weighted by molar-refractivity contribution is 7.20. The molecule has 1 unspecified atom stereocenters. The van der Waals surface area contributed by atoms with Gasteiger partial charge in [0.15, 0.2) is 0 Å². The van der Waals surface area contributed by atoms with Crippen LogP contribution in [0.4, 0.5) is 5.82 Å². The zero-order chi connectivity index (χ0) is 17.3. The average Bonchev–Trinajstić information content (AvgIpc) is 2.89. The molecule has 0 radical (unpaired) electrons. The first-order valence-corrected chi connectivity index (χ1v) is 9.62. The van der Waals surface area contributed by atoms with Crippen molar-refractivity contribution in [3.8, 4) is 0 Å². The highest BCUT2D eigenvalue weighted by Gasteiger charge is 2.27. The van der Waals surface area contributed by atoms with Gasteiger partial charge in [0.2, 0.25) is 5.28 Å². The van der Waals surface area contributed by atoms with E-state index in [4.69, 9.17) is 16.3 Å². The zero-order valence-corrected chi connectivity index (χ0v) is 15.8. The fourth-order valence-electron chi connectivity index (χ4n) is 3.17. The number of thiophene rings is 1. The second-order valence-electron chi connectivity index (χ2n) is 6.23. The van der Waals surface area contributed by atoms with Crippen LogP contribution in [0.1, 0.15) is 54.8 Å². The van der Waals surface area contributed by atoms with Gasteiger partial charge in [0.05, 0.1) is 12.0 Å². The van der Waals surface area contributed by atoms with Crippen LogP contribution in [0.2, 0.25) is 5.28 Å². The molecule has 0 aliphatic carbocycles. The van der Waals surface area contributed by atoms with Crippen molar-refractivity contribution in [2.45, 2.75) is 52.5 Å². The molecule has 0 saturated carbocycles. The van der Waals surface area contributed by atoms with E-state index in [9.17, 15) is 4.79 Å². The molecule has 0 aromatic carbocycles. The Morgan fingerprint density at radius 3 is 2.92 bits per heavy atom. The van der Waals surface area contributed by atoms with Crippen LogP contribution in [-0.2, 0) is 4.74 Å². The molecule has 130 valence electrons. The number of aryl methyl sites for hydroxylation is 1. The summed E-state index contributed by atoms with van der Waals surface area (Å²) in [5.41, 5.74) is 0.889. The molecule has 1 fully saturated rings. The lowest BCUT2D eigenvalue weighted by Crippen LogP contribution is -2.38. The molecule has 1 atom stereocenters. The van der Waals surface area contributed by atoms with Crippen molar-refractivity contribution in [3.63, 3.8) is 0 Å². The fraction of sp³-hybridized carbons (Fsp3) is 0.588. The lowest BCUT2D eigenvalue weighted by Gasteiger charge is -2.34. The first-order valence-electron chi connectivity index (χ1n) is 8.43. The van der Waals surface area contributed by atoms with Gasteiger partial charge in [0.25, 0.3) is 0 Å². The Labute approximate surface area is 151 Å². The van der Waals surface area contributed by atoms with Crippen molar-refractivity contribution in [1.82, 2.24) is 9.97 Å². The Morgan fingerprint density at radius 2 is 2.21 bits per heavy atom. The van der Waals surface area contributed by atoms with Crippen molar-refractivity contribution in [2.75, 3.05) is 18.1 Å². The topological polar surface area (TPSA) is 55.3 Å². The maximum absolute atomic E-state index is 12.3. The monoisotopic (exact) mass is 367 g/mol. The van der Waals surface area contributed by atoms with Crippen LogP contribution >= 0.6 is 22.9 Å². The molecular formula is C17H22ClN3O2S. The predicted octanol–water partition coefficient (Wildman–Crippen LogP) is 4.60. The number of carbonyl (C=O) groups is 1. The number of hydrogen-bond acceptors (Lipinski definition) is 6. The Bertz CT molecular complexity index is 762. The quantitative estimate of drug-likeness (QED) is 0.584. The molecule has 3 heterocycles. The van der Waals surface area contributed by atoms with E-state index in [0.29, 0.717) is 17.5 Å². The second kappa shape index (κ2) is 7.23. The highest BCUT2D eigenvalue weighted by atomic mass is 35.5. The van der Waals surface area contributed by atoms with Gasteiger partial charge in [-0.2, -0.15) is 4.98 Å². The number of piperidine rings is 1. The average molecular weight is 368 g/mol. The number of ether oxygens (including phenoxy) is 1. The van der Waals surface area contributed by atoms with E-state index in [1.165, 1.54) is 17.8 Å². The highest BCUT2D eigenvalue weighted by Crippen LogP contribution is 2.38. The number of rotatable bonds is 4. The number of hydrogen-bond donors (Lipinski definition) is 0. The van der Waals surface area contributed by atoms with Crippen molar-refractivity contribution in [3.05, 3.63) is 15.7 Å². The molecule has 2 aromatic heterocycles. The Balaban J connectivity index is 2.09. The summed E-state index contributed by atoms with van der Waals surface area (Å²) >= 11 is 7.50. The smallest absolute Gasteiger partial charge is 0.348 e. The third kappa shape index (κ3) is 3.22. The molecule has 2 aromatic rings. The minimum atomic E-state index is -0.286. The minimum absolute atomic E-state index is 0.227. The number of nitrogens with zero attached hydrogens (tertiary/aromatic N) is 3. The van der Waals surface area contributed by atoms with Gasteiger partial charge in [-0.05, 0) is 56.7 Å². The normalized spacial score (nSPS) is 18.2. The standard InChI is InChI=1S/C17H22ClN3O2S/c1-4-9-23-16(22)13-11(3)12-14(19-17(18)20-15(12)24-13)21-8-6-5-7-10(21)2/h10H,4-9H2,1-3H3. The second-order valence-corrected chi connectivity index (χ2v) is 7.56. The molecule has 0 spiro atoms. The number of carbonyl (C=O) groups excluding carboxylic acids is 1. The Hall–Kier alpha value is -1.40. The number of anilines is 1. The van der Waals surface area contributed by atoms with Gasteiger partial charge in [-0.15, -0.1) is 11.3 Å². The van der Waals surface area contributed by atoms with Crippen LogP contribution in [0.15, 0.2) is 0 Å². The molecular weight excluding hydrogens is 346 g/mol. The lowest BCUT2D eigenvalue weighted by atomic mass is 10.0. The van der Waals surface area contributed by atoms with Crippen LogP contribution in [0, 0.1) is 6.92 Å². The number of halogens is 1. The van der Waals surface area contributed by atoms with Gasteiger partial charge in [0, 0.05) is 12.6 Å². The Morgan fingerprint density at radius 1 is 1.42 bits per heavy atom. The summed E-state index contributed by atoms with van der Waals surface area (Å²) in [7, 11) is 0. The lowest BCUT2D eigenvalue weighted by molar-refractivity contribution is 0.0510. The molecule has 0 N–H and O–H groups in total. The van der Waals surface area contributed by atoms with Gasteiger partial charge in [0.1, 0.15) is 15.5 Å². The van der Waals surface area contributed by atoms with Crippen LogP contribution in [-0.4, -0.2) is 35.1 Å². The first-order chi connectivity index (χ1) is 11.5. The van der Waals surface area contributed by atoms with Crippen molar-refractivity contribution in [1.29, 1.82) is 0 Å². The largest absolute Gasteiger partial charge is 0.462 e. The van der Waals surface area contributed by atoms with E-state index in [1.54, 1.807) is 0 Å². The molecule has 1 saturated heterocycles. The molecule has 7 heteroatoms. The van der Waals surface area contributed by atoms with Crippen LogP contribution < -0.4 is 4.90 Å². The number of aromatic nitrogens is 2. The predicted molar refractivity (Wildman–Crippen MR) is 98.4 cm³/mol. The summed E-state index contributed by atoms with van der Waals surface area (Å²) in [4.78, 5) is 24.8. The maximum atomic E-state index is 12.3. The summed E-state index contributed by atoms with van der Waals surface area (Å²) in [6, 6.07) is 0.405. The fourth-order valence-corrected chi connectivity index (χ4v) is 4.45. The van der Waals surface area contributed by atoms with E-state index in [1.807, 2.05) is 13.8 Å². The number of fused-ring (bicyclic) bond motifs is 1. The maximum Gasteiger partial charge on any atom is 0.348 e. The van der Waals surface area contributed by atoms with Gasteiger partial charge in [-0.1, -0.05) is 6.92 Å². The molecule has 5 nitrogen and oxygen atoms in total. The number of esters is 1.